The van der Waals surface area contributed by atoms with Crippen molar-refractivity contribution in [2.45, 2.75) is 6.42 Å². The highest BCUT2D eigenvalue weighted by atomic mass is 79.9. The number of pyridine rings is 1. The summed E-state index contributed by atoms with van der Waals surface area (Å²) in [6.45, 7) is 0. The van der Waals surface area contributed by atoms with Crippen molar-refractivity contribution in [3.05, 3.63) is 79.8 Å². The summed E-state index contributed by atoms with van der Waals surface area (Å²) in [4.78, 5) is 19.5. The molecule has 2 heterocycles. The lowest BCUT2D eigenvalue weighted by atomic mass is 10.1. The van der Waals surface area contributed by atoms with Gasteiger partial charge in [0.15, 0.2) is 0 Å². The summed E-state index contributed by atoms with van der Waals surface area (Å²) in [5.41, 5.74) is 1.86. The smallest absolute Gasteiger partial charge is 0.259 e. The van der Waals surface area contributed by atoms with Crippen LogP contribution >= 0.6 is 27.5 Å². The number of aromatic nitrogens is 3. The maximum absolute atomic E-state index is 12.3. The van der Waals surface area contributed by atoms with E-state index in [1.165, 1.54) is 0 Å². The van der Waals surface area contributed by atoms with Gasteiger partial charge < -0.3 is 9.51 Å². The van der Waals surface area contributed by atoms with Crippen LogP contribution in [0.1, 0.15) is 11.5 Å². The Balaban J connectivity index is 1.69. The monoisotopic (exact) mass is 415 g/mol. The lowest BCUT2D eigenvalue weighted by Crippen LogP contribution is -2.09. The molecule has 0 fully saturated rings. The van der Waals surface area contributed by atoms with Gasteiger partial charge >= 0.3 is 0 Å². The van der Waals surface area contributed by atoms with Crippen molar-refractivity contribution < 1.29 is 4.52 Å². The normalized spacial score (nSPS) is 11.1. The van der Waals surface area contributed by atoms with Gasteiger partial charge in [-0.15, -0.1) is 0 Å². The van der Waals surface area contributed by atoms with E-state index in [1.54, 1.807) is 18.2 Å². The molecule has 0 atom stereocenters. The molecular formula is C18H11BrClN3O2. The molecule has 2 aromatic carbocycles. The van der Waals surface area contributed by atoms with Crippen LogP contribution in [0, 0.1) is 0 Å². The van der Waals surface area contributed by atoms with Crippen LogP contribution in [0.15, 0.2) is 62.3 Å². The van der Waals surface area contributed by atoms with Crippen molar-refractivity contribution in [1.82, 2.24) is 15.1 Å². The predicted octanol–water partition coefficient (Wildman–Crippen LogP) is 4.58. The summed E-state index contributed by atoms with van der Waals surface area (Å²) < 4.78 is 6.21. The number of hydrogen-bond acceptors (Lipinski definition) is 4. The number of nitrogens with zero attached hydrogens (tertiary/aromatic N) is 2. The van der Waals surface area contributed by atoms with Crippen LogP contribution in [-0.4, -0.2) is 15.1 Å². The Morgan fingerprint density at radius 1 is 1.12 bits per heavy atom. The van der Waals surface area contributed by atoms with E-state index in [4.69, 9.17) is 16.1 Å². The first-order valence-electron chi connectivity index (χ1n) is 7.48. The summed E-state index contributed by atoms with van der Waals surface area (Å²) in [5, 5.41) is 5.50. The van der Waals surface area contributed by atoms with E-state index < -0.39 is 0 Å². The second-order valence-electron chi connectivity index (χ2n) is 5.56. The number of aromatic amines is 1. The molecule has 4 rings (SSSR count). The van der Waals surface area contributed by atoms with Gasteiger partial charge in [-0.05, 0) is 42.0 Å². The number of H-pyrrole nitrogens is 1. The second kappa shape index (κ2) is 6.46. The van der Waals surface area contributed by atoms with E-state index in [0.717, 1.165) is 20.9 Å². The minimum Gasteiger partial charge on any atom is -0.339 e. The van der Waals surface area contributed by atoms with Gasteiger partial charge in [0.05, 0.1) is 12.0 Å². The van der Waals surface area contributed by atoms with Crippen LogP contribution in [0.3, 0.4) is 0 Å². The first-order valence-corrected chi connectivity index (χ1v) is 8.65. The Hall–Kier alpha value is -2.44. The lowest BCUT2D eigenvalue weighted by molar-refractivity contribution is 0.385. The summed E-state index contributed by atoms with van der Waals surface area (Å²) in [5.74, 6) is 0.707. The largest absolute Gasteiger partial charge is 0.339 e. The van der Waals surface area contributed by atoms with E-state index in [-0.39, 0.29) is 11.4 Å². The Morgan fingerprint density at radius 2 is 1.92 bits per heavy atom. The molecule has 0 saturated heterocycles. The van der Waals surface area contributed by atoms with Gasteiger partial charge in [-0.25, -0.2) is 0 Å². The third kappa shape index (κ3) is 3.36. The molecule has 0 radical (unpaired) electrons. The number of nitrogens with one attached hydrogen (secondary N) is 1. The highest BCUT2D eigenvalue weighted by Crippen LogP contribution is 2.21. The third-order valence-corrected chi connectivity index (χ3v) is 4.53. The molecule has 7 heteroatoms. The van der Waals surface area contributed by atoms with Crippen LogP contribution in [0.25, 0.3) is 22.3 Å². The number of benzene rings is 2. The Bertz CT molecular complexity index is 1120. The van der Waals surface area contributed by atoms with Gasteiger partial charge in [0.1, 0.15) is 0 Å². The second-order valence-corrected chi connectivity index (χ2v) is 6.91. The SMILES string of the molecule is O=c1[nH]c2ccc(Br)cc2cc1-c1noc(Cc2ccc(Cl)cc2)n1. The highest BCUT2D eigenvalue weighted by molar-refractivity contribution is 9.10. The molecule has 0 aliphatic rings. The number of rotatable bonds is 3. The van der Waals surface area contributed by atoms with E-state index in [1.807, 2.05) is 30.3 Å². The molecule has 1 N–H and O–H groups in total. The molecule has 0 aliphatic carbocycles. The van der Waals surface area contributed by atoms with Crippen LogP contribution in [0.5, 0.6) is 0 Å². The Labute approximate surface area is 155 Å². The fraction of sp³-hybridized carbons (Fsp3) is 0.0556. The van der Waals surface area contributed by atoms with Gasteiger partial charge in [-0.3, -0.25) is 4.79 Å². The number of fused-ring (bicyclic) bond motifs is 1. The van der Waals surface area contributed by atoms with Crippen LogP contribution in [0.2, 0.25) is 5.02 Å². The van der Waals surface area contributed by atoms with Crippen LogP contribution in [0.4, 0.5) is 0 Å². The molecule has 0 bridgehead atoms. The summed E-state index contributed by atoms with van der Waals surface area (Å²) in [6.07, 6.45) is 0.473. The third-order valence-electron chi connectivity index (χ3n) is 3.78. The van der Waals surface area contributed by atoms with Gasteiger partial charge in [-0.1, -0.05) is 44.8 Å². The molecule has 0 amide bonds. The molecule has 0 saturated carbocycles. The molecule has 25 heavy (non-hydrogen) atoms. The minimum atomic E-state index is -0.256. The zero-order valence-corrected chi connectivity index (χ0v) is 15.1. The van der Waals surface area contributed by atoms with E-state index >= 15 is 0 Å². The van der Waals surface area contributed by atoms with E-state index in [9.17, 15) is 4.79 Å². The first-order chi connectivity index (χ1) is 12.1. The van der Waals surface area contributed by atoms with Gasteiger partial charge in [-0.2, -0.15) is 4.98 Å². The molecule has 0 aliphatic heterocycles. The first kappa shape index (κ1) is 16.1. The molecule has 0 spiro atoms. The van der Waals surface area contributed by atoms with Crippen molar-refractivity contribution in [1.29, 1.82) is 0 Å². The summed E-state index contributed by atoms with van der Waals surface area (Å²) in [7, 11) is 0. The highest BCUT2D eigenvalue weighted by Gasteiger charge is 2.13. The number of hydrogen-bond donors (Lipinski definition) is 1. The molecule has 5 nitrogen and oxygen atoms in total. The topological polar surface area (TPSA) is 71.8 Å². The zero-order valence-electron chi connectivity index (χ0n) is 12.8. The molecule has 4 aromatic rings. The number of halogens is 2. The Kier molecular flexibility index (Phi) is 4.15. The zero-order chi connectivity index (χ0) is 17.4. The van der Waals surface area contributed by atoms with E-state index in [2.05, 4.69) is 31.1 Å². The summed E-state index contributed by atoms with van der Waals surface area (Å²) in [6, 6.07) is 14.8. The van der Waals surface area contributed by atoms with Gasteiger partial charge in [0, 0.05) is 20.4 Å². The van der Waals surface area contributed by atoms with Crippen molar-refractivity contribution in [2.24, 2.45) is 0 Å². The molecule has 124 valence electrons. The predicted molar refractivity (Wildman–Crippen MR) is 99.8 cm³/mol. The average Bonchev–Trinajstić information content (AvgIpc) is 3.05. The van der Waals surface area contributed by atoms with Crippen LogP contribution < -0.4 is 5.56 Å². The quantitative estimate of drug-likeness (QED) is 0.530. The van der Waals surface area contributed by atoms with Crippen molar-refractivity contribution in [3.63, 3.8) is 0 Å². The standard InChI is InChI=1S/C18H11BrClN3O2/c19-12-3-6-15-11(8-12)9-14(18(24)21-15)17-22-16(25-23-17)7-10-1-4-13(20)5-2-10/h1-6,8-9H,7H2,(H,21,24). The van der Waals surface area contributed by atoms with Crippen molar-refractivity contribution >= 4 is 38.4 Å². The van der Waals surface area contributed by atoms with Crippen LogP contribution in [-0.2, 0) is 6.42 Å². The molecule has 2 aromatic heterocycles. The fourth-order valence-corrected chi connectivity index (χ4v) is 3.06. The Morgan fingerprint density at radius 3 is 2.72 bits per heavy atom. The summed E-state index contributed by atoms with van der Waals surface area (Å²) >= 11 is 9.31. The lowest BCUT2D eigenvalue weighted by Gasteiger charge is -2.00. The molecular weight excluding hydrogens is 406 g/mol. The molecule has 0 unspecified atom stereocenters. The average molecular weight is 417 g/mol. The van der Waals surface area contributed by atoms with Crippen molar-refractivity contribution in [2.75, 3.05) is 0 Å². The maximum atomic E-state index is 12.3. The minimum absolute atomic E-state index is 0.256. The van der Waals surface area contributed by atoms with E-state index in [0.29, 0.717) is 22.9 Å². The van der Waals surface area contributed by atoms with Gasteiger partial charge in [0.2, 0.25) is 11.7 Å². The fourth-order valence-electron chi connectivity index (χ4n) is 2.56. The van der Waals surface area contributed by atoms with Gasteiger partial charge in [0.25, 0.3) is 5.56 Å². The maximum Gasteiger partial charge on any atom is 0.259 e. The van der Waals surface area contributed by atoms with Crippen molar-refractivity contribution in [3.8, 4) is 11.4 Å².